The van der Waals surface area contributed by atoms with Gasteiger partial charge < -0.3 is 24.9 Å². The van der Waals surface area contributed by atoms with Crippen molar-refractivity contribution < 1.29 is 33.2 Å². The molecular formula is C55H65FN10O7S. The Morgan fingerprint density at radius 2 is 1.55 bits per heavy atom. The number of carbonyl (C=O) groups excluding carboxylic acids is 6. The number of carbonyl (C=O) groups is 6. The normalized spacial score (nSPS) is 18.4. The number of nitrogens with one attached hydrogen (secondary N) is 1. The van der Waals surface area contributed by atoms with Crippen molar-refractivity contribution in [2.24, 2.45) is 5.92 Å². The SMILES string of the molecule is CC(=O)c1c(C)c2cnc(Cc3ccc(N4CCN(C(=O)CCC(=O)N(C)[C@@H](C)C(=O)NC(C(=O)N5CCC[C@H]5c5nc(C(=O)c6ccc(F)cc6)cs5)C5CCCCC5)CC4)cn3)nc2n(C2CCCC2)c1=O. The fraction of sp³-hybridized carbons (Fsp3) is 0.509. The van der Waals surface area contributed by atoms with Crippen LogP contribution in [0.15, 0.2) is 59.0 Å². The highest BCUT2D eigenvalue weighted by Crippen LogP contribution is 2.37. The molecular weight excluding hydrogens is 964 g/mol. The minimum Gasteiger partial charge on any atom is -0.367 e. The molecule has 6 heterocycles. The quantitative estimate of drug-likeness (QED) is 0.100. The Morgan fingerprint density at radius 3 is 2.24 bits per heavy atom. The molecule has 1 N–H and O–H groups in total. The van der Waals surface area contributed by atoms with Crippen LogP contribution in [0.5, 0.6) is 0 Å². The number of anilines is 1. The van der Waals surface area contributed by atoms with Gasteiger partial charge in [-0.2, -0.15) is 0 Å². The predicted octanol–water partition coefficient (Wildman–Crippen LogP) is 6.93. The van der Waals surface area contributed by atoms with Crippen molar-refractivity contribution in [3.63, 3.8) is 0 Å². The lowest BCUT2D eigenvalue weighted by Crippen LogP contribution is -2.56. The van der Waals surface area contributed by atoms with Gasteiger partial charge in [-0.1, -0.05) is 32.1 Å². The molecule has 0 radical (unpaired) electrons. The zero-order valence-electron chi connectivity index (χ0n) is 42.7. The van der Waals surface area contributed by atoms with Crippen molar-refractivity contribution in [2.75, 3.05) is 44.7 Å². The number of likely N-dealkylation sites (N-methyl/N-ethyl adjacent to an activating group) is 1. The average molecular weight is 1030 g/mol. The predicted molar refractivity (Wildman–Crippen MR) is 277 cm³/mol. The van der Waals surface area contributed by atoms with Gasteiger partial charge in [0, 0.05) is 86.9 Å². The molecule has 4 aliphatic rings. The molecule has 2 aliphatic carbocycles. The number of nitrogens with zero attached hydrogens (tertiary/aromatic N) is 9. The zero-order chi connectivity index (χ0) is 52.2. The number of hydrogen-bond donors (Lipinski definition) is 1. The number of likely N-dealkylation sites (tertiary alicyclic amines) is 1. The Hall–Kier alpha value is -6.76. The summed E-state index contributed by atoms with van der Waals surface area (Å²) in [6.45, 7) is 7.40. The molecule has 1 aromatic carbocycles. The van der Waals surface area contributed by atoms with Crippen LogP contribution in [0.25, 0.3) is 11.0 Å². The molecule has 9 rings (SSSR count). The topological polar surface area (TPSA) is 201 Å². The van der Waals surface area contributed by atoms with Gasteiger partial charge in [-0.25, -0.2) is 19.3 Å². The molecule has 0 spiro atoms. The minimum absolute atomic E-state index is 0.00759. The molecule has 0 bridgehead atoms. The molecule has 4 aromatic heterocycles. The van der Waals surface area contributed by atoms with Gasteiger partial charge in [0.05, 0.1) is 29.9 Å². The van der Waals surface area contributed by atoms with Crippen LogP contribution in [0, 0.1) is 18.7 Å². The standard InChI is InChI=1S/C55H65FN10O7S/c1-33-42-31-58-45(60-51(42)66(40-13-8-9-14-40)54(72)48(33)35(3)67)29-39-20-21-41(30-57-39)63-25-27-64(28-26-63)47(69)23-22-46(68)62(4)34(2)52(71)61-49(36-11-6-5-7-12-36)55(73)65-24-10-15-44(65)53-59-43(32-74-53)50(70)37-16-18-38(56)19-17-37/h16-21,30-32,34,36,40,44,49H,5-15,22-29H2,1-4H3,(H,61,71)/t34-,44-,49?/m0/s1. The third-order valence-corrected chi connectivity index (χ3v) is 16.7. The lowest BCUT2D eigenvalue weighted by atomic mass is 9.83. The third kappa shape index (κ3) is 11.2. The van der Waals surface area contributed by atoms with Crippen LogP contribution in [0.3, 0.4) is 0 Å². The first-order valence-corrected chi connectivity index (χ1v) is 27.1. The van der Waals surface area contributed by atoms with Crippen LogP contribution >= 0.6 is 11.3 Å². The van der Waals surface area contributed by atoms with Crippen molar-refractivity contribution in [1.82, 2.24) is 44.5 Å². The Labute approximate surface area is 434 Å². The summed E-state index contributed by atoms with van der Waals surface area (Å²) in [5, 5.41) is 6.06. The molecule has 19 heteroatoms. The molecule has 2 saturated heterocycles. The molecule has 390 valence electrons. The number of amides is 4. The summed E-state index contributed by atoms with van der Waals surface area (Å²) in [5.41, 5.74) is 3.29. The number of piperazine rings is 1. The van der Waals surface area contributed by atoms with E-state index in [0.717, 1.165) is 75.6 Å². The van der Waals surface area contributed by atoms with E-state index >= 15 is 0 Å². The van der Waals surface area contributed by atoms with E-state index in [0.29, 0.717) is 78.6 Å². The number of thiazole rings is 1. The van der Waals surface area contributed by atoms with Crippen molar-refractivity contribution in [3.8, 4) is 0 Å². The van der Waals surface area contributed by atoms with E-state index in [1.54, 1.807) is 53.0 Å². The molecule has 2 aliphatic heterocycles. The van der Waals surface area contributed by atoms with Crippen LogP contribution in [0.1, 0.15) is 158 Å². The highest BCUT2D eigenvalue weighted by Gasteiger charge is 2.41. The fourth-order valence-electron chi connectivity index (χ4n) is 11.3. The van der Waals surface area contributed by atoms with Gasteiger partial charge in [-0.15, -0.1) is 11.3 Å². The summed E-state index contributed by atoms with van der Waals surface area (Å²) in [6.07, 6.45) is 13.5. The summed E-state index contributed by atoms with van der Waals surface area (Å²) >= 11 is 1.31. The van der Waals surface area contributed by atoms with Crippen molar-refractivity contribution in [1.29, 1.82) is 0 Å². The molecule has 17 nitrogen and oxygen atoms in total. The summed E-state index contributed by atoms with van der Waals surface area (Å²) in [5.74, 6) is -1.71. The summed E-state index contributed by atoms with van der Waals surface area (Å²) in [7, 11) is 1.55. The lowest BCUT2D eigenvalue weighted by molar-refractivity contribution is -0.143. The van der Waals surface area contributed by atoms with E-state index in [1.165, 1.54) is 47.4 Å². The number of hydrogen-bond acceptors (Lipinski definition) is 13. The van der Waals surface area contributed by atoms with Gasteiger partial charge >= 0.3 is 0 Å². The van der Waals surface area contributed by atoms with Crippen molar-refractivity contribution in [3.05, 3.63) is 109 Å². The first kappa shape index (κ1) is 52.1. The molecule has 4 fully saturated rings. The van der Waals surface area contributed by atoms with E-state index in [4.69, 9.17) is 9.97 Å². The Kier molecular flexibility index (Phi) is 16.0. The highest BCUT2D eigenvalue weighted by molar-refractivity contribution is 7.10. The number of ketones is 2. The van der Waals surface area contributed by atoms with Gasteiger partial charge in [0.2, 0.25) is 29.4 Å². The number of benzene rings is 1. The summed E-state index contributed by atoms with van der Waals surface area (Å²) < 4.78 is 15.2. The molecule has 74 heavy (non-hydrogen) atoms. The maximum absolute atomic E-state index is 14.5. The second-order valence-electron chi connectivity index (χ2n) is 20.4. The van der Waals surface area contributed by atoms with E-state index in [1.807, 2.05) is 12.1 Å². The second kappa shape index (κ2) is 22.8. The maximum Gasteiger partial charge on any atom is 0.263 e. The Bertz CT molecular complexity index is 2980. The van der Waals surface area contributed by atoms with Crippen LogP contribution < -0.4 is 15.8 Å². The molecule has 1 unspecified atom stereocenters. The average Bonchev–Trinajstić information content (AvgIpc) is 4.24. The first-order valence-electron chi connectivity index (χ1n) is 26.2. The van der Waals surface area contributed by atoms with Gasteiger partial charge in [0.15, 0.2) is 5.78 Å². The van der Waals surface area contributed by atoms with Gasteiger partial charge in [0.1, 0.15) is 40.1 Å². The van der Waals surface area contributed by atoms with Crippen LogP contribution in [-0.2, 0) is 25.6 Å². The molecule has 5 aromatic rings. The van der Waals surface area contributed by atoms with Crippen LogP contribution in [-0.4, -0.2) is 126 Å². The molecule has 2 saturated carbocycles. The van der Waals surface area contributed by atoms with Crippen molar-refractivity contribution in [2.45, 2.75) is 135 Å². The Balaban J connectivity index is 0.761. The lowest BCUT2D eigenvalue weighted by Gasteiger charge is -2.36. The highest BCUT2D eigenvalue weighted by atomic mass is 32.1. The van der Waals surface area contributed by atoms with E-state index in [2.05, 4.69) is 20.2 Å². The summed E-state index contributed by atoms with van der Waals surface area (Å²) in [6, 6.07) is 7.16. The number of aryl methyl sites for hydroxylation is 1. The maximum atomic E-state index is 14.5. The summed E-state index contributed by atoms with van der Waals surface area (Å²) in [4.78, 5) is 121. The monoisotopic (exact) mass is 1030 g/mol. The van der Waals surface area contributed by atoms with E-state index in [9.17, 15) is 38.0 Å². The smallest absolute Gasteiger partial charge is 0.263 e. The number of Topliss-reactive ketones (excluding diaryl/α,β-unsaturated/α-hetero) is 1. The van der Waals surface area contributed by atoms with Gasteiger partial charge in [0.25, 0.3) is 5.56 Å². The van der Waals surface area contributed by atoms with Crippen molar-refractivity contribution >= 4 is 63.3 Å². The largest absolute Gasteiger partial charge is 0.367 e. The zero-order valence-corrected chi connectivity index (χ0v) is 43.5. The number of halogens is 1. The number of aromatic nitrogens is 5. The van der Waals surface area contributed by atoms with Gasteiger partial charge in [-0.3, -0.25) is 43.1 Å². The first-order chi connectivity index (χ1) is 35.7. The van der Waals surface area contributed by atoms with E-state index < -0.39 is 23.8 Å². The van der Waals surface area contributed by atoms with Crippen LogP contribution in [0.2, 0.25) is 0 Å². The molecule has 3 atom stereocenters. The van der Waals surface area contributed by atoms with Crippen LogP contribution in [0.4, 0.5) is 10.1 Å². The number of fused-ring (bicyclic) bond motifs is 1. The second-order valence-corrected chi connectivity index (χ2v) is 21.3. The van der Waals surface area contributed by atoms with E-state index in [-0.39, 0.29) is 76.9 Å². The Morgan fingerprint density at radius 1 is 0.838 bits per heavy atom. The molecule has 4 amide bonds. The number of pyridine rings is 2. The van der Waals surface area contributed by atoms with Gasteiger partial charge in [-0.05, 0) is 107 Å². The number of rotatable bonds is 16. The fourth-order valence-corrected chi connectivity index (χ4v) is 12.2. The third-order valence-electron chi connectivity index (χ3n) is 15.7. The minimum atomic E-state index is -0.902.